The standard InChI is InChI=1S/C11H19ClN6/c1-17-4-6-18(7-5-17)3-2-14-11-9(12)10(13)15-8-16-11/h8H,2-7H2,1H3,(H3,13,14,15,16). The summed E-state index contributed by atoms with van der Waals surface area (Å²) in [5, 5.41) is 3.59. The molecule has 0 radical (unpaired) electrons. The number of halogens is 1. The topological polar surface area (TPSA) is 70.3 Å². The van der Waals surface area contributed by atoms with Crippen LogP contribution in [0.15, 0.2) is 6.33 Å². The average Bonchev–Trinajstić information content (AvgIpc) is 2.37. The van der Waals surface area contributed by atoms with Crippen molar-refractivity contribution in [1.29, 1.82) is 0 Å². The highest BCUT2D eigenvalue weighted by molar-refractivity contribution is 6.35. The number of hydrogen-bond acceptors (Lipinski definition) is 6. The first-order chi connectivity index (χ1) is 8.66. The van der Waals surface area contributed by atoms with E-state index in [1.54, 1.807) is 0 Å². The van der Waals surface area contributed by atoms with Gasteiger partial charge in [-0.05, 0) is 7.05 Å². The van der Waals surface area contributed by atoms with Crippen molar-refractivity contribution in [1.82, 2.24) is 19.8 Å². The second-order valence-electron chi connectivity index (χ2n) is 4.49. The molecular weight excluding hydrogens is 252 g/mol. The summed E-state index contributed by atoms with van der Waals surface area (Å²) in [4.78, 5) is 12.7. The maximum atomic E-state index is 6.00. The molecule has 0 amide bonds. The Morgan fingerprint density at radius 1 is 1.33 bits per heavy atom. The van der Waals surface area contributed by atoms with Crippen LogP contribution in [0.1, 0.15) is 0 Å². The van der Waals surface area contributed by atoms with Gasteiger partial charge in [0.25, 0.3) is 0 Å². The molecule has 0 aliphatic carbocycles. The number of anilines is 2. The SMILES string of the molecule is CN1CCN(CCNc2ncnc(N)c2Cl)CC1. The van der Waals surface area contributed by atoms with Gasteiger partial charge in [-0.3, -0.25) is 4.90 Å². The van der Waals surface area contributed by atoms with Gasteiger partial charge in [0.2, 0.25) is 0 Å². The number of likely N-dealkylation sites (N-methyl/N-ethyl adjacent to an activating group) is 1. The van der Waals surface area contributed by atoms with Crippen LogP contribution in [0.3, 0.4) is 0 Å². The monoisotopic (exact) mass is 270 g/mol. The number of aromatic nitrogens is 2. The van der Waals surface area contributed by atoms with E-state index in [2.05, 4.69) is 32.1 Å². The van der Waals surface area contributed by atoms with Gasteiger partial charge in [-0.2, -0.15) is 0 Å². The van der Waals surface area contributed by atoms with Crippen molar-refractivity contribution in [3.63, 3.8) is 0 Å². The fourth-order valence-corrected chi connectivity index (χ4v) is 2.08. The summed E-state index contributed by atoms with van der Waals surface area (Å²) >= 11 is 6.00. The van der Waals surface area contributed by atoms with Gasteiger partial charge in [0.1, 0.15) is 23.0 Å². The van der Waals surface area contributed by atoms with E-state index in [1.165, 1.54) is 6.33 Å². The van der Waals surface area contributed by atoms with Crippen molar-refractivity contribution >= 4 is 23.2 Å². The minimum Gasteiger partial charge on any atom is -0.382 e. The summed E-state index contributed by atoms with van der Waals surface area (Å²) in [6, 6.07) is 0. The van der Waals surface area contributed by atoms with Gasteiger partial charge in [-0.15, -0.1) is 0 Å². The predicted molar refractivity (Wildman–Crippen MR) is 73.9 cm³/mol. The third-order valence-corrected chi connectivity index (χ3v) is 3.51. The Bertz CT molecular complexity index is 391. The summed E-state index contributed by atoms with van der Waals surface area (Å²) < 4.78 is 0. The van der Waals surface area contributed by atoms with Gasteiger partial charge in [0.15, 0.2) is 0 Å². The molecule has 100 valence electrons. The third kappa shape index (κ3) is 3.44. The van der Waals surface area contributed by atoms with Gasteiger partial charge in [0.05, 0.1) is 0 Å². The fraction of sp³-hybridized carbons (Fsp3) is 0.636. The zero-order valence-electron chi connectivity index (χ0n) is 10.6. The summed E-state index contributed by atoms with van der Waals surface area (Å²) in [5.74, 6) is 0.923. The van der Waals surface area contributed by atoms with Crippen LogP contribution in [-0.4, -0.2) is 66.1 Å². The highest BCUT2D eigenvalue weighted by Crippen LogP contribution is 2.22. The zero-order chi connectivity index (χ0) is 13.0. The quantitative estimate of drug-likeness (QED) is 0.824. The third-order valence-electron chi connectivity index (χ3n) is 3.13. The molecule has 3 N–H and O–H groups in total. The van der Waals surface area contributed by atoms with E-state index >= 15 is 0 Å². The molecule has 1 aromatic heterocycles. The van der Waals surface area contributed by atoms with E-state index in [0.717, 1.165) is 39.3 Å². The number of nitrogens with zero attached hydrogens (tertiary/aromatic N) is 4. The number of nitrogen functional groups attached to an aromatic ring is 1. The smallest absolute Gasteiger partial charge is 0.150 e. The Morgan fingerprint density at radius 3 is 2.78 bits per heavy atom. The Labute approximate surface area is 112 Å². The van der Waals surface area contributed by atoms with E-state index in [4.69, 9.17) is 17.3 Å². The minimum atomic E-state index is 0.314. The molecule has 0 aromatic carbocycles. The maximum Gasteiger partial charge on any atom is 0.150 e. The largest absolute Gasteiger partial charge is 0.382 e. The first-order valence-electron chi connectivity index (χ1n) is 6.07. The molecule has 6 nitrogen and oxygen atoms in total. The van der Waals surface area contributed by atoms with Gasteiger partial charge in [-0.1, -0.05) is 11.6 Å². The normalized spacial score (nSPS) is 17.9. The lowest BCUT2D eigenvalue weighted by Crippen LogP contribution is -2.45. The number of nitrogens with one attached hydrogen (secondary N) is 1. The van der Waals surface area contributed by atoms with Crippen molar-refractivity contribution in [2.75, 3.05) is 57.4 Å². The first kappa shape index (κ1) is 13.3. The van der Waals surface area contributed by atoms with E-state index in [9.17, 15) is 0 Å². The zero-order valence-corrected chi connectivity index (χ0v) is 11.3. The Kier molecular flexibility index (Phi) is 4.57. The van der Waals surface area contributed by atoms with Crippen LogP contribution in [0.4, 0.5) is 11.6 Å². The molecule has 0 atom stereocenters. The molecule has 0 spiro atoms. The van der Waals surface area contributed by atoms with Crippen molar-refractivity contribution in [2.24, 2.45) is 0 Å². The lowest BCUT2D eigenvalue weighted by atomic mass is 10.3. The van der Waals surface area contributed by atoms with Crippen molar-refractivity contribution < 1.29 is 0 Å². The van der Waals surface area contributed by atoms with Gasteiger partial charge in [0, 0.05) is 39.3 Å². The molecule has 0 saturated carbocycles. The molecule has 0 unspecified atom stereocenters. The summed E-state index contributed by atoms with van der Waals surface area (Å²) in [5.41, 5.74) is 5.61. The van der Waals surface area contributed by atoms with Crippen LogP contribution in [-0.2, 0) is 0 Å². The molecule has 0 bridgehead atoms. The Balaban J connectivity index is 1.77. The Hall–Kier alpha value is -1.11. The maximum absolute atomic E-state index is 6.00. The van der Waals surface area contributed by atoms with Gasteiger partial charge >= 0.3 is 0 Å². The highest BCUT2D eigenvalue weighted by Gasteiger charge is 2.13. The molecule has 18 heavy (non-hydrogen) atoms. The van der Waals surface area contributed by atoms with Crippen LogP contribution in [0, 0.1) is 0 Å². The number of hydrogen-bond donors (Lipinski definition) is 2. The van der Waals surface area contributed by atoms with Crippen LogP contribution in [0.5, 0.6) is 0 Å². The molecule has 1 aromatic rings. The molecule has 1 fully saturated rings. The lowest BCUT2D eigenvalue weighted by molar-refractivity contribution is 0.158. The lowest BCUT2D eigenvalue weighted by Gasteiger charge is -2.32. The summed E-state index contributed by atoms with van der Waals surface area (Å²) in [6.45, 7) is 6.26. The predicted octanol–water partition coefficient (Wildman–Crippen LogP) is 0.371. The molecule has 1 aliphatic heterocycles. The highest BCUT2D eigenvalue weighted by atomic mass is 35.5. The molecule has 2 rings (SSSR count). The van der Waals surface area contributed by atoms with Crippen molar-refractivity contribution in [3.05, 3.63) is 11.3 Å². The first-order valence-corrected chi connectivity index (χ1v) is 6.45. The fourth-order valence-electron chi connectivity index (χ4n) is 1.91. The molecule has 2 heterocycles. The van der Waals surface area contributed by atoms with E-state index in [-0.39, 0.29) is 0 Å². The Morgan fingerprint density at radius 2 is 2.06 bits per heavy atom. The summed E-state index contributed by atoms with van der Waals surface area (Å²) in [6.07, 6.45) is 1.42. The van der Waals surface area contributed by atoms with Crippen LogP contribution in [0.2, 0.25) is 5.02 Å². The van der Waals surface area contributed by atoms with E-state index < -0.39 is 0 Å². The average molecular weight is 271 g/mol. The second-order valence-corrected chi connectivity index (χ2v) is 4.87. The molecule has 1 saturated heterocycles. The number of rotatable bonds is 4. The van der Waals surface area contributed by atoms with E-state index in [1.807, 2.05) is 0 Å². The molecule has 7 heteroatoms. The molecular formula is C11H19ClN6. The minimum absolute atomic E-state index is 0.314. The van der Waals surface area contributed by atoms with Crippen LogP contribution in [0.25, 0.3) is 0 Å². The van der Waals surface area contributed by atoms with Gasteiger partial charge < -0.3 is 16.0 Å². The summed E-state index contributed by atoms with van der Waals surface area (Å²) in [7, 11) is 2.15. The molecule has 1 aliphatic rings. The number of nitrogens with two attached hydrogens (primary N) is 1. The number of piperazine rings is 1. The van der Waals surface area contributed by atoms with Crippen molar-refractivity contribution in [3.8, 4) is 0 Å². The van der Waals surface area contributed by atoms with E-state index in [0.29, 0.717) is 16.7 Å². The van der Waals surface area contributed by atoms with Crippen molar-refractivity contribution in [2.45, 2.75) is 0 Å². The second kappa shape index (κ2) is 6.17. The van der Waals surface area contributed by atoms with Crippen LogP contribution >= 0.6 is 11.6 Å². The van der Waals surface area contributed by atoms with Gasteiger partial charge in [-0.25, -0.2) is 9.97 Å². The van der Waals surface area contributed by atoms with Crippen LogP contribution < -0.4 is 11.1 Å².